The molecule has 0 atom stereocenters. The fraction of sp³-hybridized carbons (Fsp3) is 0. The molecule has 0 spiro atoms. The number of imidazole rings is 1. The largest absolute Gasteiger partial charge is 0.478 e. The molecule has 0 amide bonds. The average molecular weight is 283 g/mol. The van der Waals surface area contributed by atoms with E-state index < -0.39 is 11.9 Å². The predicted octanol–water partition coefficient (Wildman–Crippen LogP) is 1.79. The van der Waals surface area contributed by atoms with E-state index in [0.29, 0.717) is 11.4 Å². The van der Waals surface area contributed by atoms with Gasteiger partial charge in [0.2, 0.25) is 0 Å². The van der Waals surface area contributed by atoms with Crippen molar-refractivity contribution in [2.75, 3.05) is 0 Å². The molecule has 0 radical (unpaired) electrons. The Morgan fingerprint density at radius 1 is 1.05 bits per heavy atom. The third kappa shape index (κ3) is 2.00. The zero-order chi connectivity index (χ0) is 15.0. The van der Waals surface area contributed by atoms with Gasteiger partial charge in [-0.2, -0.15) is 0 Å². The topological polar surface area (TPSA) is 105 Å². The quantitative estimate of drug-likeness (QED) is 0.759. The summed E-state index contributed by atoms with van der Waals surface area (Å²) in [5.41, 5.74) is 0.307. The van der Waals surface area contributed by atoms with Crippen LogP contribution in [0, 0.1) is 0 Å². The van der Waals surface area contributed by atoms with Gasteiger partial charge in [0.05, 0.1) is 11.1 Å². The van der Waals surface area contributed by atoms with Gasteiger partial charge < -0.3 is 10.2 Å². The third-order valence-electron chi connectivity index (χ3n) is 3.04. The Bertz CT molecular complexity index is 855. The van der Waals surface area contributed by atoms with Crippen molar-refractivity contribution in [3.63, 3.8) is 0 Å². The van der Waals surface area contributed by atoms with Crippen LogP contribution in [0.25, 0.3) is 16.9 Å². The lowest BCUT2D eigenvalue weighted by Gasteiger charge is -2.02. The molecule has 3 heterocycles. The minimum Gasteiger partial charge on any atom is -0.478 e. The molecule has 0 bridgehead atoms. The van der Waals surface area contributed by atoms with E-state index in [4.69, 9.17) is 0 Å². The Balaban J connectivity index is 2.41. The molecule has 3 aromatic heterocycles. The van der Waals surface area contributed by atoms with Crippen LogP contribution in [-0.4, -0.2) is 36.5 Å². The number of fused-ring (bicyclic) bond motifs is 1. The maximum absolute atomic E-state index is 11.4. The Hall–Kier alpha value is -3.22. The number of hydrogen-bond acceptors (Lipinski definition) is 4. The first-order chi connectivity index (χ1) is 10.1. The molecule has 7 heteroatoms. The first-order valence-electron chi connectivity index (χ1n) is 5.97. The monoisotopic (exact) mass is 283 g/mol. The number of carboxylic acids is 2. The summed E-state index contributed by atoms with van der Waals surface area (Å²) >= 11 is 0. The molecular formula is C14H9N3O4. The van der Waals surface area contributed by atoms with E-state index in [9.17, 15) is 19.8 Å². The molecule has 0 aliphatic carbocycles. The van der Waals surface area contributed by atoms with E-state index >= 15 is 0 Å². The second kappa shape index (κ2) is 4.71. The predicted molar refractivity (Wildman–Crippen MR) is 72.3 cm³/mol. The van der Waals surface area contributed by atoms with Crippen LogP contribution in [-0.2, 0) is 0 Å². The molecule has 0 saturated carbocycles. The highest BCUT2D eigenvalue weighted by atomic mass is 16.4. The van der Waals surface area contributed by atoms with Gasteiger partial charge >= 0.3 is 11.9 Å². The first-order valence-corrected chi connectivity index (χ1v) is 5.97. The lowest BCUT2D eigenvalue weighted by Crippen LogP contribution is -2.04. The Kier molecular flexibility index (Phi) is 2.87. The molecule has 21 heavy (non-hydrogen) atoms. The van der Waals surface area contributed by atoms with Gasteiger partial charge in [0.1, 0.15) is 5.82 Å². The van der Waals surface area contributed by atoms with Crippen LogP contribution in [0.4, 0.5) is 0 Å². The second-order valence-electron chi connectivity index (χ2n) is 4.27. The van der Waals surface area contributed by atoms with E-state index in [2.05, 4.69) is 9.97 Å². The third-order valence-corrected chi connectivity index (χ3v) is 3.04. The fourth-order valence-corrected chi connectivity index (χ4v) is 2.17. The van der Waals surface area contributed by atoms with Crippen molar-refractivity contribution >= 4 is 17.5 Å². The van der Waals surface area contributed by atoms with Crippen molar-refractivity contribution in [3.8, 4) is 11.4 Å². The summed E-state index contributed by atoms with van der Waals surface area (Å²) < 4.78 is 1.46. The maximum atomic E-state index is 11.4. The summed E-state index contributed by atoms with van der Waals surface area (Å²) in [5, 5.41) is 18.5. The molecule has 0 unspecified atom stereocenters. The summed E-state index contributed by atoms with van der Waals surface area (Å²) in [7, 11) is 0. The molecule has 0 fully saturated rings. The molecule has 3 aromatic rings. The van der Waals surface area contributed by atoms with Gasteiger partial charge in [-0.1, -0.05) is 0 Å². The minimum absolute atomic E-state index is 0.0595. The van der Waals surface area contributed by atoms with Gasteiger partial charge in [-0.3, -0.25) is 9.38 Å². The number of rotatable bonds is 3. The number of pyridine rings is 2. The van der Waals surface area contributed by atoms with Crippen molar-refractivity contribution in [2.24, 2.45) is 0 Å². The summed E-state index contributed by atoms with van der Waals surface area (Å²) in [6.45, 7) is 0. The van der Waals surface area contributed by atoms with E-state index in [1.54, 1.807) is 30.7 Å². The maximum Gasteiger partial charge on any atom is 0.356 e. The van der Waals surface area contributed by atoms with Crippen molar-refractivity contribution in [1.82, 2.24) is 14.4 Å². The lowest BCUT2D eigenvalue weighted by molar-refractivity contribution is 0.0691. The van der Waals surface area contributed by atoms with Crippen LogP contribution in [0.1, 0.15) is 20.8 Å². The highest BCUT2D eigenvalue weighted by molar-refractivity contribution is 6.04. The molecule has 7 nitrogen and oxygen atoms in total. The van der Waals surface area contributed by atoms with Crippen molar-refractivity contribution in [2.45, 2.75) is 0 Å². The SMILES string of the molecule is O=C(O)c1cccn2c(-c3ccncc3)nc(C(=O)O)c12. The molecule has 0 aromatic carbocycles. The normalized spacial score (nSPS) is 10.7. The molecular weight excluding hydrogens is 274 g/mol. The molecule has 104 valence electrons. The summed E-state index contributed by atoms with van der Waals surface area (Å²) in [6, 6.07) is 6.23. The first kappa shape index (κ1) is 12.8. The number of hydrogen-bond donors (Lipinski definition) is 2. The van der Waals surface area contributed by atoms with Crippen molar-refractivity contribution < 1.29 is 19.8 Å². The zero-order valence-corrected chi connectivity index (χ0v) is 10.6. The molecule has 0 aliphatic rings. The number of carboxylic acid groups (broad SMARTS) is 2. The molecule has 0 aliphatic heterocycles. The minimum atomic E-state index is -1.28. The lowest BCUT2D eigenvalue weighted by atomic mass is 10.2. The highest BCUT2D eigenvalue weighted by Gasteiger charge is 2.22. The van der Waals surface area contributed by atoms with Gasteiger partial charge in [0.15, 0.2) is 5.69 Å². The Morgan fingerprint density at radius 3 is 2.38 bits per heavy atom. The smallest absolute Gasteiger partial charge is 0.356 e. The van der Waals surface area contributed by atoms with Gasteiger partial charge in [-0.15, -0.1) is 0 Å². The summed E-state index contributed by atoms with van der Waals surface area (Å²) in [4.78, 5) is 30.6. The fourth-order valence-electron chi connectivity index (χ4n) is 2.17. The number of nitrogens with zero attached hydrogens (tertiary/aromatic N) is 3. The number of aromatic carboxylic acids is 2. The summed E-state index contributed by atoms with van der Waals surface area (Å²) in [5.74, 6) is -2.13. The molecule has 3 rings (SSSR count). The molecule has 2 N–H and O–H groups in total. The molecule has 0 saturated heterocycles. The highest BCUT2D eigenvalue weighted by Crippen LogP contribution is 2.25. The van der Waals surface area contributed by atoms with Crippen LogP contribution in [0.5, 0.6) is 0 Å². The van der Waals surface area contributed by atoms with E-state index in [1.807, 2.05) is 0 Å². The van der Waals surface area contributed by atoms with Gasteiger partial charge in [0.25, 0.3) is 0 Å². The van der Waals surface area contributed by atoms with Crippen LogP contribution in [0.2, 0.25) is 0 Å². The second-order valence-corrected chi connectivity index (χ2v) is 4.27. The average Bonchev–Trinajstić information content (AvgIpc) is 2.87. The van der Waals surface area contributed by atoms with Crippen LogP contribution in [0.3, 0.4) is 0 Å². The van der Waals surface area contributed by atoms with E-state index in [0.717, 1.165) is 0 Å². The summed E-state index contributed by atoms with van der Waals surface area (Å²) in [6.07, 6.45) is 4.69. The standard InChI is InChI=1S/C14H9N3O4/c18-13(19)9-2-1-7-17-11(9)10(14(20)21)16-12(17)8-3-5-15-6-4-8/h1-7H,(H,18,19)(H,20,21). The van der Waals surface area contributed by atoms with Gasteiger partial charge in [-0.05, 0) is 24.3 Å². The van der Waals surface area contributed by atoms with Crippen molar-refractivity contribution in [1.29, 1.82) is 0 Å². The van der Waals surface area contributed by atoms with Gasteiger partial charge in [-0.25, -0.2) is 14.6 Å². The van der Waals surface area contributed by atoms with Gasteiger partial charge in [0, 0.05) is 24.2 Å². The van der Waals surface area contributed by atoms with E-state index in [1.165, 1.54) is 16.5 Å². The van der Waals surface area contributed by atoms with Crippen LogP contribution in [0.15, 0.2) is 42.9 Å². The number of aromatic nitrogens is 3. The Morgan fingerprint density at radius 2 is 1.76 bits per heavy atom. The van der Waals surface area contributed by atoms with Crippen molar-refractivity contribution in [3.05, 3.63) is 54.1 Å². The van der Waals surface area contributed by atoms with Crippen LogP contribution >= 0.6 is 0 Å². The number of carbonyl (C=O) groups is 2. The van der Waals surface area contributed by atoms with Crippen LogP contribution < -0.4 is 0 Å². The zero-order valence-electron chi connectivity index (χ0n) is 10.6. The Labute approximate surface area is 118 Å². The van der Waals surface area contributed by atoms with E-state index in [-0.39, 0.29) is 16.8 Å².